The van der Waals surface area contributed by atoms with Crippen molar-refractivity contribution in [3.63, 3.8) is 0 Å². The number of likely N-dealkylation sites (tertiary alicyclic amines) is 1. The predicted octanol–water partition coefficient (Wildman–Crippen LogP) is 3.90. The first kappa shape index (κ1) is 19.4. The molecule has 3 heterocycles. The number of ether oxygens (including phenoxy) is 2. The van der Waals surface area contributed by atoms with Crippen LogP contribution in [0.2, 0.25) is 0 Å². The van der Waals surface area contributed by atoms with Crippen LogP contribution in [0.5, 0.6) is 0 Å². The normalized spacial score (nSPS) is 21.3. The lowest BCUT2D eigenvalue weighted by molar-refractivity contribution is -0.137. The van der Waals surface area contributed by atoms with Crippen LogP contribution in [0.1, 0.15) is 37.3 Å². The van der Waals surface area contributed by atoms with E-state index in [4.69, 9.17) is 14.0 Å². The van der Waals surface area contributed by atoms with Gasteiger partial charge in [-0.2, -0.15) is 18.2 Å². The van der Waals surface area contributed by atoms with E-state index in [1.165, 1.54) is 6.07 Å². The number of aromatic nitrogens is 2. The quantitative estimate of drug-likeness (QED) is 0.780. The Labute approximate surface area is 160 Å². The molecule has 1 aromatic carbocycles. The molecule has 2 saturated heterocycles. The molecule has 2 aliphatic rings. The van der Waals surface area contributed by atoms with E-state index in [0.717, 1.165) is 38.1 Å². The van der Waals surface area contributed by atoms with Crippen LogP contribution in [0, 0.1) is 5.92 Å². The van der Waals surface area contributed by atoms with Gasteiger partial charge in [0.2, 0.25) is 11.7 Å². The van der Waals surface area contributed by atoms with Crippen molar-refractivity contribution in [2.24, 2.45) is 5.92 Å². The second-order valence-corrected chi connectivity index (χ2v) is 7.19. The summed E-state index contributed by atoms with van der Waals surface area (Å²) >= 11 is 0. The smallest absolute Gasteiger partial charge is 0.350 e. The van der Waals surface area contributed by atoms with E-state index in [1.807, 2.05) is 6.92 Å². The van der Waals surface area contributed by atoms with Gasteiger partial charge in [0.15, 0.2) is 6.29 Å². The van der Waals surface area contributed by atoms with E-state index in [1.54, 1.807) is 6.07 Å². The Morgan fingerprint density at radius 2 is 1.86 bits per heavy atom. The highest BCUT2D eigenvalue weighted by Gasteiger charge is 2.34. The molecular formula is C19H22F3N3O3. The number of hydrogen-bond donors (Lipinski definition) is 0. The number of nitrogens with zero attached hydrogens (tertiary/aromatic N) is 3. The molecule has 9 heteroatoms. The Balaban J connectivity index is 1.42. The van der Waals surface area contributed by atoms with Gasteiger partial charge in [-0.15, -0.1) is 0 Å². The third-order valence-corrected chi connectivity index (χ3v) is 5.40. The van der Waals surface area contributed by atoms with Crippen LogP contribution >= 0.6 is 0 Å². The second kappa shape index (κ2) is 7.81. The van der Waals surface area contributed by atoms with Gasteiger partial charge in [0.1, 0.15) is 0 Å². The van der Waals surface area contributed by atoms with Crippen LogP contribution in [0.25, 0.3) is 11.4 Å². The molecule has 0 N–H and O–H groups in total. The molecule has 152 valence electrons. The minimum absolute atomic E-state index is 0.103. The lowest BCUT2D eigenvalue weighted by atomic mass is 9.95. The zero-order chi connectivity index (χ0) is 19.7. The summed E-state index contributed by atoms with van der Waals surface area (Å²) in [6.07, 6.45) is -2.62. The summed E-state index contributed by atoms with van der Waals surface area (Å²) in [4.78, 5) is 6.57. The molecule has 28 heavy (non-hydrogen) atoms. The van der Waals surface area contributed by atoms with E-state index < -0.39 is 11.7 Å². The number of rotatable bonds is 4. The second-order valence-electron chi connectivity index (χ2n) is 7.19. The van der Waals surface area contributed by atoms with E-state index in [2.05, 4.69) is 15.0 Å². The maximum absolute atomic E-state index is 12.9. The van der Waals surface area contributed by atoms with Gasteiger partial charge in [0, 0.05) is 11.5 Å². The fraction of sp³-hybridized carbons (Fsp3) is 0.579. The molecule has 6 nitrogen and oxygen atoms in total. The lowest BCUT2D eigenvalue weighted by Gasteiger charge is -2.35. The van der Waals surface area contributed by atoms with E-state index in [-0.39, 0.29) is 23.7 Å². The van der Waals surface area contributed by atoms with Gasteiger partial charge in [-0.1, -0.05) is 17.3 Å². The molecule has 0 amide bonds. The van der Waals surface area contributed by atoms with Crippen molar-refractivity contribution in [1.82, 2.24) is 15.0 Å². The number of hydrogen-bond acceptors (Lipinski definition) is 6. The Morgan fingerprint density at radius 3 is 2.54 bits per heavy atom. The van der Waals surface area contributed by atoms with E-state index >= 15 is 0 Å². The van der Waals surface area contributed by atoms with Crippen molar-refractivity contribution in [1.29, 1.82) is 0 Å². The molecule has 0 aliphatic carbocycles. The largest absolute Gasteiger partial charge is 0.416 e. The van der Waals surface area contributed by atoms with Crippen LogP contribution in [-0.2, 0) is 15.7 Å². The first-order valence-electron chi connectivity index (χ1n) is 9.40. The van der Waals surface area contributed by atoms with E-state index in [9.17, 15) is 13.2 Å². The molecule has 1 unspecified atom stereocenters. The highest BCUT2D eigenvalue weighted by Crippen LogP contribution is 2.33. The number of alkyl halides is 3. The Hall–Kier alpha value is -1.97. The van der Waals surface area contributed by atoms with Crippen molar-refractivity contribution >= 4 is 0 Å². The molecule has 2 fully saturated rings. The fourth-order valence-electron chi connectivity index (χ4n) is 3.74. The number of halogens is 3. The summed E-state index contributed by atoms with van der Waals surface area (Å²) in [6.45, 7) is 4.96. The summed E-state index contributed by atoms with van der Waals surface area (Å²) in [6, 6.07) is 4.83. The molecule has 0 saturated carbocycles. The van der Waals surface area contributed by atoms with Gasteiger partial charge in [0.25, 0.3) is 0 Å². The molecule has 4 rings (SSSR count). The molecule has 0 bridgehead atoms. The molecule has 2 aromatic rings. The van der Waals surface area contributed by atoms with Crippen LogP contribution in [0.4, 0.5) is 13.2 Å². The number of piperidine rings is 1. The average molecular weight is 397 g/mol. The lowest BCUT2D eigenvalue weighted by Crippen LogP contribution is -2.39. The van der Waals surface area contributed by atoms with Gasteiger partial charge in [0.05, 0.1) is 24.8 Å². The van der Waals surface area contributed by atoms with Crippen molar-refractivity contribution in [3.05, 3.63) is 35.7 Å². The minimum Gasteiger partial charge on any atom is -0.350 e. The third-order valence-electron chi connectivity index (χ3n) is 5.40. The third kappa shape index (κ3) is 4.06. The topological polar surface area (TPSA) is 60.6 Å². The van der Waals surface area contributed by atoms with Crippen LogP contribution in [0.3, 0.4) is 0 Å². The highest BCUT2D eigenvalue weighted by atomic mass is 19.4. The summed E-state index contributed by atoms with van der Waals surface area (Å²) in [7, 11) is 0. The van der Waals surface area contributed by atoms with Gasteiger partial charge in [-0.3, -0.25) is 4.90 Å². The molecule has 1 aromatic heterocycles. The van der Waals surface area contributed by atoms with Gasteiger partial charge >= 0.3 is 6.18 Å². The maximum Gasteiger partial charge on any atom is 0.416 e. The first-order valence-corrected chi connectivity index (χ1v) is 9.40. The standard InChI is InChI=1S/C19H22F3N3O3/c1-12(25-7-5-13(6-8-25)18-26-9-10-27-18)17-23-16(24-28-17)14-3-2-4-15(11-14)19(20,21)22/h2-4,11-13,18H,5-10H2,1H3. The minimum atomic E-state index is -4.41. The molecule has 2 aliphatic heterocycles. The Kier molecular flexibility index (Phi) is 5.39. The van der Waals surface area contributed by atoms with Crippen molar-refractivity contribution in [2.45, 2.75) is 38.3 Å². The monoisotopic (exact) mass is 397 g/mol. The van der Waals surface area contributed by atoms with Gasteiger partial charge < -0.3 is 14.0 Å². The molecule has 0 spiro atoms. The van der Waals surface area contributed by atoms with Crippen LogP contribution < -0.4 is 0 Å². The van der Waals surface area contributed by atoms with Crippen molar-refractivity contribution in [2.75, 3.05) is 26.3 Å². The maximum atomic E-state index is 12.9. The van der Waals surface area contributed by atoms with E-state index in [0.29, 0.717) is 25.0 Å². The summed E-state index contributed by atoms with van der Waals surface area (Å²) in [5, 5.41) is 3.88. The van der Waals surface area contributed by atoms with Gasteiger partial charge in [-0.25, -0.2) is 0 Å². The fourth-order valence-corrected chi connectivity index (χ4v) is 3.74. The first-order chi connectivity index (χ1) is 13.4. The highest BCUT2D eigenvalue weighted by molar-refractivity contribution is 5.55. The summed E-state index contributed by atoms with van der Waals surface area (Å²) in [5.74, 6) is 0.948. The Bertz CT molecular complexity index is 797. The van der Waals surface area contributed by atoms with Crippen LogP contribution in [0.15, 0.2) is 28.8 Å². The predicted molar refractivity (Wildman–Crippen MR) is 93.1 cm³/mol. The average Bonchev–Trinajstić information content (AvgIpc) is 3.39. The zero-order valence-corrected chi connectivity index (χ0v) is 15.5. The Morgan fingerprint density at radius 1 is 1.14 bits per heavy atom. The SMILES string of the molecule is CC(c1nc(-c2cccc(C(F)(F)F)c2)no1)N1CCC(C2OCCO2)CC1. The summed E-state index contributed by atoms with van der Waals surface area (Å²) in [5.41, 5.74) is -0.450. The van der Waals surface area contributed by atoms with Crippen molar-refractivity contribution < 1.29 is 27.2 Å². The van der Waals surface area contributed by atoms with Gasteiger partial charge in [-0.05, 0) is 45.0 Å². The molecular weight excluding hydrogens is 375 g/mol. The molecule has 0 radical (unpaired) electrons. The molecule has 1 atom stereocenters. The van der Waals surface area contributed by atoms with Crippen molar-refractivity contribution in [3.8, 4) is 11.4 Å². The van der Waals surface area contributed by atoms with Crippen LogP contribution in [-0.4, -0.2) is 47.6 Å². The number of benzene rings is 1. The summed E-state index contributed by atoms with van der Waals surface area (Å²) < 4.78 is 55.3. The zero-order valence-electron chi connectivity index (χ0n) is 15.5.